The number of ether oxygens (including phenoxy) is 1. The summed E-state index contributed by atoms with van der Waals surface area (Å²) >= 11 is 0. The zero-order valence-electron chi connectivity index (χ0n) is 14.1. The van der Waals surface area contributed by atoms with Gasteiger partial charge in [0, 0.05) is 17.6 Å². The van der Waals surface area contributed by atoms with Crippen molar-refractivity contribution >= 4 is 23.1 Å². The molecular formula is C20H19N3O2. The highest BCUT2D eigenvalue weighted by Gasteiger charge is 2.13. The minimum atomic E-state index is -0.229. The van der Waals surface area contributed by atoms with E-state index in [2.05, 4.69) is 15.6 Å². The highest BCUT2D eigenvalue weighted by atomic mass is 16.5. The van der Waals surface area contributed by atoms with E-state index in [-0.39, 0.29) is 5.91 Å². The Hall–Kier alpha value is -3.34. The summed E-state index contributed by atoms with van der Waals surface area (Å²) in [6.45, 7) is 2.03. The van der Waals surface area contributed by atoms with Crippen molar-refractivity contribution in [1.82, 2.24) is 4.98 Å². The minimum absolute atomic E-state index is 0.229. The third kappa shape index (κ3) is 4.14. The van der Waals surface area contributed by atoms with Gasteiger partial charge in [0.05, 0.1) is 12.7 Å². The Balaban J connectivity index is 1.79. The van der Waals surface area contributed by atoms with E-state index >= 15 is 0 Å². The molecule has 3 rings (SSSR count). The predicted molar refractivity (Wildman–Crippen MR) is 99.6 cm³/mol. The molecule has 0 aliphatic heterocycles. The second kappa shape index (κ2) is 7.49. The number of nitrogens with zero attached hydrogens (tertiary/aromatic N) is 1. The van der Waals surface area contributed by atoms with Crippen LogP contribution in [0.5, 0.6) is 5.75 Å². The van der Waals surface area contributed by atoms with Crippen LogP contribution in [0.4, 0.5) is 17.2 Å². The number of benzene rings is 2. The monoisotopic (exact) mass is 333 g/mol. The molecule has 2 aromatic carbocycles. The van der Waals surface area contributed by atoms with E-state index in [1.54, 1.807) is 49.7 Å². The maximum atomic E-state index is 12.6. The van der Waals surface area contributed by atoms with Crippen molar-refractivity contribution in [3.8, 4) is 5.75 Å². The van der Waals surface area contributed by atoms with Gasteiger partial charge in [-0.15, -0.1) is 0 Å². The number of methoxy groups -OCH3 is 1. The maximum Gasteiger partial charge on any atom is 0.259 e. The summed E-state index contributed by atoms with van der Waals surface area (Å²) in [6, 6.07) is 18.6. The van der Waals surface area contributed by atoms with Crippen molar-refractivity contribution in [2.75, 3.05) is 17.7 Å². The lowest BCUT2D eigenvalue weighted by molar-refractivity contribution is 0.102. The smallest absolute Gasteiger partial charge is 0.259 e. The lowest BCUT2D eigenvalue weighted by atomic mass is 10.2. The topological polar surface area (TPSA) is 63.2 Å². The average Bonchev–Trinajstić information content (AvgIpc) is 2.64. The third-order valence-electron chi connectivity index (χ3n) is 3.71. The number of aromatic nitrogens is 1. The first kappa shape index (κ1) is 16.5. The van der Waals surface area contributed by atoms with Crippen LogP contribution in [0.15, 0.2) is 66.9 Å². The number of pyridine rings is 1. The summed E-state index contributed by atoms with van der Waals surface area (Å²) in [4.78, 5) is 16.9. The second-order valence-electron chi connectivity index (χ2n) is 5.57. The van der Waals surface area contributed by atoms with Gasteiger partial charge in [-0.1, -0.05) is 17.7 Å². The van der Waals surface area contributed by atoms with E-state index in [0.29, 0.717) is 17.1 Å². The van der Waals surface area contributed by atoms with Gasteiger partial charge in [0.1, 0.15) is 11.6 Å². The summed E-state index contributed by atoms with van der Waals surface area (Å²) in [6.07, 6.45) is 1.65. The molecule has 0 saturated heterocycles. The van der Waals surface area contributed by atoms with Crippen molar-refractivity contribution < 1.29 is 9.53 Å². The van der Waals surface area contributed by atoms with Crippen LogP contribution in [0.1, 0.15) is 15.9 Å². The van der Waals surface area contributed by atoms with Crippen molar-refractivity contribution in [3.63, 3.8) is 0 Å². The Morgan fingerprint density at radius 3 is 2.32 bits per heavy atom. The van der Waals surface area contributed by atoms with E-state index in [0.717, 1.165) is 11.4 Å². The normalized spacial score (nSPS) is 10.2. The van der Waals surface area contributed by atoms with Gasteiger partial charge in [0.25, 0.3) is 5.91 Å². The molecule has 0 aliphatic rings. The van der Waals surface area contributed by atoms with Crippen LogP contribution in [0, 0.1) is 6.92 Å². The molecule has 5 heteroatoms. The molecule has 3 aromatic rings. The molecule has 1 heterocycles. The van der Waals surface area contributed by atoms with Crippen LogP contribution in [0.2, 0.25) is 0 Å². The fourth-order valence-electron chi connectivity index (χ4n) is 2.33. The zero-order chi connectivity index (χ0) is 17.6. The molecular weight excluding hydrogens is 314 g/mol. The summed E-state index contributed by atoms with van der Waals surface area (Å²) < 4.78 is 5.12. The summed E-state index contributed by atoms with van der Waals surface area (Å²) in [5.41, 5.74) is 3.21. The number of amides is 1. The molecule has 126 valence electrons. The van der Waals surface area contributed by atoms with Gasteiger partial charge in [0.15, 0.2) is 0 Å². The van der Waals surface area contributed by atoms with E-state index in [1.807, 2.05) is 31.2 Å². The average molecular weight is 333 g/mol. The van der Waals surface area contributed by atoms with Gasteiger partial charge in [-0.25, -0.2) is 4.98 Å². The standard InChI is InChI=1S/C20H19N3O2/c1-14-5-7-15(8-6-14)22-19-18(4-3-13-21-19)20(24)23-16-9-11-17(25-2)12-10-16/h3-13H,1-2H3,(H,21,22)(H,23,24). The third-order valence-corrected chi connectivity index (χ3v) is 3.71. The minimum Gasteiger partial charge on any atom is -0.497 e. The molecule has 0 aliphatic carbocycles. The Morgan fingerprint density at radius 2 is 1.64 bits per heavy atom. The Labute approximate surface area is 146 Å². The van der Waals surface area contributed by atoms with Crippen LogP contribution in [-0.4, -0.2) is 18.0 Å². The number of hydrogen-bond donors (Lipinski definition) is 2. The van der Waals surface area contributed by atoms with Gasteiger partial charge in [-0.3, -0.25) is 4.79 Å². The molecule has 25 heavy (non-hydrogen) atoms. The molecule has 0 unspecified atom stereocenters. The molecule has 0 atom stereocenters. The number of aryl methyl sites for hydroxylation is 1. The van der Waals surface area contributed by atoms with Crippen molar-refractivity contribution in [2.45, 2.75) is 6.92 Å². The predicted octanol–water partition coefficient (Wildman–Crippen LogP) is 4.39. The fourth-order valence-corrected chi connectivity index (χ4v) is 2.33. The number of nitrogens with one attached hydrogen (secondary N) is 2. The van der Waals surface area contributed by atoms with E-state index in [1.165, 1.54) is 5.56 Å². The van der Waals surface area contributed by atoms with Gasteiger partial charge >= 0.3 is 0 Å². The Kier molecular flexibility index (Phi) is 4.95. The first-order chi connectivity index (χ1) is 12.2. The highest BCUT2D eigenvalue weighted by Crippen LogP contribution is 2.21. The summed E-state index contributed by atoms with van der Waals surface area (Å²) in [5, 5.41) is 6.06. The number of carbonyl (C=O) groups excluding carboxylic acids is 1. The highest BCUT2D eigenvalue weighted by molar-refractivity contribution is 6.07. The van der Waals surface area contributed by atoms with Crippen LogP contribution in [-0.2, 0) is 0 Å². The maximum absolute atomic E-state index is 12.6. The first-order valence-corrected chi connectivity index (χ1v) is 7.90. The van der Waals surface area contributed by atoms with Crippen molar-refractivity contribution in [2.24, 2.45) is 0 Å². The SMILES string of the molecule is COc1ccc(NC(=O)c2cccnc2Nc2ccc(C)cc2)cc1. The molecule has 0 spiro atoms. The Bertz CT molecular complexity index is 859. The number of hydrogen-bond acceptors (Lipinski definition) is 4. The molecule has 1 aromatic heterocycles. The molecule has 2 N–H and O–H groups in total. The fraction of sp³-hybridized carbons (Fsp3) is 0.100. The largest absolute Gasteiger partial charge is 0.497 e. The van der Waals surface area contributed by atoms with Gasteiger partial charge in [0.2, 0.25) is 0 Å². The van der Waals surface area contributed by atoms with Crippen molar-refractivity contribution in [3.05, 3.63) is 78.0 Å². The van der Waals surface area contributed by atoms with Gasteiger partial charge < -0.3 is 15.4 Å². The summed E-state index contributed by atoms with van der Waals surface area (Å²) in [7, 11) is 1.60. The first-order valence-electron chi connectivity index (χ1n) is 7.90. The number of anilines is 3. The van der Waals surface area contributed by atoms with Crippen LogP contribution in [0.3, 0.4) is 0 Å². The quantitative estimate of drug-likeness (QED) is 0.727. The molecule has 0 saturated carbocycles. The molecule has 0 fully saturated rings. The van der Waals surface area contributed by atoms with E-state index < -0.39 is 0 Å². The molecule has 0 radical (unpaired) electrons. The van der Waals surface area contributed by atoms with E-state index in [4.69, 9.17) is 4.74 Å². The van der Waals surface area contributed by atoms with E-state index in [9.17, 15) is 4.79 Å². The Morgan fingerprint density at radius 1 is 0.960 bits per heavy atom. The lowest BCUT2D eigenvalue weighted by Gasteiger charge is -2.11. The molecule has 0 bridgehead atoms. The zero-order valence-corrected chi connectivity index (χ0v) is 14.1. The van der Waals surface area contributed by atoms with Crippen LogP contribution < -0.4 is 15.4 Å². The number of rotatable bonds is 5. The summed E-state index contributed by atoms with van der Waals surface area (Å²) in [5.74, 6) is 1.02. The number of carbonyl (C=O) groups is 1. The van der Waals surface area contributed by atoms with Gasteiger partial charge in [-0.2, -0.15) is 0 Å². The molecule has 1 amide bonds. The van der Waals surface area contributed by atoms with Crippen LogP contribution >= 0.6 is 0 Å². The van der Waals surface area contributed by atoms with Gasteiger partial charge in [-0.05, 0) is 55.5 Å². The molecule has 5 nitrogen and oxygen atoms in total. The lowest BCUT2D eigenvalue weighted by Crippen LogP contribution is -2.14. The van der Waals surface area contributed by atoms with Crippen LogP contribution in [0.25, 0.3) is 0 Å². The second-order valence-corrected chi connectivity index (χ2v) is 5.57. The van der Waals surface area contributed by atoms with Crippen molar-refractivity contribution in [1.29, 1.82) is 0 Å².